The van der Waals surface area contributed by atoms with Crippen LogP contribution in [0.5, 0.6) is 0 Å². The van der Waals surface area contributed by atoms with Gasteiger partial charge in [-0.05, 0) is 18.2 Å². The second-order valence-corrected chi connectivity index (χ2v) is 6.03. The van der Waals surface area contributed by atoms with Gasteiger partial charge in [0.2, 0.25) is 0 Å². The van der Waals surface area contributed by atoms with Crippen molar-refractivity contribution in [1.29, 1.82) is 0 Å². The zero-order valence-electron chi connectivity index (χ0n) is 14.5. The number of halogens is 1. The summed E-state index contributed by atoms with van der Waals surface area (Å²) in [5.74, 6) is -0.141. The molecule has 2 heterocycles. The predicted octanol–water partition coefficient (Wildman–Crippen LogP) is 2.10. The summed E-state index contributed by atoms with van der Waals surface area (Å²) < 4.78 is 18.6. The molecule has 136 valence electrons. The van der Waals surface area contributed by atoms with Crippen LogP contribution >= 0.6 is 0 Å². The maximum absolute atomic E-state index is 13.9. The lowest BCUT2D eigenvalue weighted by Crippen LogP contribution is -2.50. The van der Waals surface area contributed by atoms with Gasteiger partial charge in [-0.1, -0.05) is 18.2 Å². The third-order valence-corrected chi connectivity index (χ3v) is 4.29. The van der Waals surface area contributed by atoms with Gasteiger partial charge in [-0.2, -0.15) is 0 Å². The average molecular weight is 357 g/mol. The fourth-order valence-corrected chi connectivity index (χ4v) is 2.87. The molecule has 1 aromatic heterocycles. The fraction of sp³-hybridized carbons (Fsp3) is 0.316. The first-order valence-electron chi connectivity index (χ1n) is 8.41. The molecule has 1 aromatic carbocycles. The molecular formula is C19H20FN3O3. The van der Waals surface area contributed by atoms with Crippen molar-refractivity contribution < 1.29 is 18.7 Å². The number of hydrogen-bond acceptors (Lipinski definition) is 5. The molecule has 2 aromatic rings. The van der Waals surface area contributed by atoms with Crippen molar-refractivity contribution >= 4 is 17.7 Å². The van der Waals surface area contributed by atoms with Gasteiger partial charge in [0.25, 0.3) is 5.91 Å². The first kappa shape index (κ1) is 17.8. The van der Waals surface area contributed by atoms with E-state index in [2.05, 4.69) is 9.88 Å². The van der Waals surface area contributed by atoms with Crippen LogP contribution in [0, 0.1) is 5.82 Å². The van der Waals surface area contributed by atoms with Gasteiger partial charge >= 0.3 is 5.97 Å². The highest BCUT2D eigenvalue weighted by atomic mass is 19.1. The lowest BCUT2D eigenvalue weighted by Gasteiger charge is -2.35. The van der Waals surface area contributed by atoms with Gasteiger partial charge in [0.05, 0.1) is 0 Å². The molecular weight excluding hydrogens is 337 g/mol. The Balaban J connectivity index is 1.59. The van der Waals surface area contributed by atoms with Gasteiger partial charge in [0.1, 0.15) is 11.6 Å². The first-order valence-corrected chi connectivity index (χ1v) is 8.41. The van der Waals surface area contributed by atoms with Crippen molar-refractivity contribution in [3.8, 4) is 11.1 Å². The Bertz CT molecular complexity index is 787. The number of carbonyl (C=O) groups excluding carboxylic acids is 2. The zero-order valence-corrected chi connectivity index (χ0v) is 14.5. The third-order valence-electron chi connectivity index (χ3n) is 4.29. The van der Waals surface area contributed by atoms with E-state index >= 15 is 0 Å². The number of amides is 1. The summed E-state index contributed by atoms with van der Waals surface area (Å²) in [6.45, 7) is 3.41. The molecule has 0 spiro atoms. The number of ether oxygens (including phenoxy) is 1. The van der Waals surface area contributed by atoms with Crippen molar-refractivity contribution in [1.82, 2.24) is 9.88 Å². The number of piperazine rings is 1. The summed E-state index contributed by atoms with van der Waals surface area (Å²) in [7, 11) is 0. The van der Waals surface area contributed by atoms with Crippen LogP contribution in [-0.4, -0.2) is 54.5 Å². The molecule has 3 rings (SSSR count). The lowest BCUT2D eigenvalue weighted by atomic mass is 10.1. The Labute approximate surface area is 151 Å². The normalized spacial score (nSPS) is 14.2. The van der Waals surface area contributed by atoms with Gasteiger partial charge < -0.3 is 14.5 Å². The number of nitrogens with zero attached hydrogens (tertiary/aromatic N) is 3. The number of rotatable bonds is 4. The highest BCUT2D eigenvalue weighted by Gasteiger charge is 2.22. The van der Waals surface area contributed by atoms with Crippen molar-refractivity contribution in [3.63, 3.8) is 0 Å². The van der Waals surface area contributed by atoms with E-state index in [9.17, 15) is 14.0 Å². The molecule has 6 nitrogen and oxygen atoms in total. The van der Waals surface area contributed by atoms with E-state index in [1.165, 1.54) is 13.0 Å². The number of esters is 1. The monoisotopic (exact) mass is 357 g/mol. The SMILES string of the molecule is CC(=O)OCC(=O)N1CCN(c2ccc(-c3ccccc3F)cn2)CC1. The maximum Gasteiger partial charge on any atom is 0.303 e. The Morgan fingerprint density at radius 1 is 1.12 bits per heavy atom. The summed E-state index contributed by atoms with van der Waals surface area (Å²) in [6, 6.07) is 10.3. The van der Waals surface area contributed by atoms with Gasteiger partial charge in [0, 0.05) is 50.4 Å². The standard InChI is InChI=1S/C19H20FN3O3/c1-14(24)26-13-19(25)23-10-8-22(9-11-23)18-7-6-15(12-21-18)16-4-2-3-5-17(16)20/h2-7,12H,8-11,13H2,1H3. The predicted molar refractivity (Wildman–Crippen MR) is 95.1 cm³/mol. The molecule has 0 aliphatic carbocycles. The number of carbonyl (C=O) groups is 2. The molecule has 7 heteroatoms. The summed E-state index contributed by atoms with van der Waals surface area (Å²) in [4.78, 5) is 30.9. The van der Waals surface area contributed by atoms with E-state index in [0.717, 1.165) is 11.4 Å². The number of pyridine rings is 1. The zero-order chi connectivity index (χ0) is 18.5. The minimum Gasteiger partial charge on any atom is -0.456 e. The maximum atomic E-state index is 13.9. The second kappa shape index (κ2) is 7.95. The fourth-order valence-electron chi connectivity index (χ4n) is 2.87. The second-order valence-electron chi connectivity index (χ2n) is 6.03. The highest BCUT2D eigenvalue weighted by molar-refractivity contribution is 5.80. The molecule has 1 saturated heterocycles. The molecule has 26 heavy (non-hydrogen) atoms. The Kier molecular flexibility index (Phi) is 5.46. The first-order chi connectivity index (χ1) is 12.5. The Morgan fingerprint density at radius 2 is 1.85 bits per heavy atom. The van der Waals surface area contributed by atoms with Crippen LogP contribution in [0.1, 0.15) is 6.92 Å². The van der Waals surface area contributed by atoms with Crippen LogP contribution in [0.25, 0.3) is 11.1 Å². The van der Waals surface area contributed by atoms with E-state index in [1.54, 1.807) is 29.3 Å². The van der Waals surface area contributed by atoms with E-state index in [0.29, 0.717) is 31.7 Å². The van der Waals surface area contributed by atoms with Gasteiger partial charge in [0.15, 0.2) is 6.61 Å². The van der Waals surface area contributed by atoms with Crippen molar-refractivity contribution in [2.24, 2.45) is 0 Å². The third kappa shape index (κ3) is 4.17. The molecule has 0 unspecified atom stereocenters. The van der Waals surface area contributed by atoms with Gasteiger partial charge in [-0.25, -0.2) is 9.37 Å². The molecule has 0 saturated carbocycles. The summed E-state index contributed by atoms with van der Waals surface area (Å²) in [5, 5.41) is 0. The van der Waals surface area contributed by atoms with Crippen molar-refractivity contribution in [3.05, 3.63) is 48.4 Å². The van der Waals surface area contributed by atoms with E-state index < -0.39 is 5.97 Å². The number of anilines is 1. The van der Waals surface area contributed by atoms with Crippen LogP contribution in [0.15, 0.2) is 42.6 Å². The topological polar surface area (TPSA) is 62.7 Å². The summed E-state index contributed by atoms with van der Waals surface area (Å²) in [6.07, 6.45) is 1.66. The van der Waals surface area contributed by atoms with E-state index in [-0.39, 0.29) is 18.3 Å². The van der Waals surface area contributed by atoms with E-state index in [1.807, 2.05) is 12.1 Å². The van der Waals surface area contributed by atoms with Crippen LogP contribution in [0.4, 0.5) is 10.2 Å². The number of benzene rings is 1. The minimum absolute atomic E-state index is 0.192. The summed E-state index contributed by atoms with van der Waals surface area (Å²) >= 11 is 0. The summed E-state index contributed by atoms with van der Waals surface area (Å²) in [5.41, 5.74) is 1.24. The van der Waals surface area contributed by atoms with Gasteiger partial charge in [-0.15, -0.1) is 0 Å². The van der Waals surface area contributed by atoms with Crippen LogP contribution < -0.4 is 4.90 Å². The van der Waals surface area contributed by atoms with Gasteiger partial charge in [-0.3, -0.25) is 9.59 Å². The Hall–Kier alpha value is -2.96. The quantitative estimate of drug-likeness (QED) is 0.784. The van der Waals surface area contributed by atoms with E-state index in [4.69, 9.17) is 4.74 Å². The van der Waals surface area contributed by atoms with Crippen LogP contribution in [0.3, 0.4) is 0 Å². The average Bonchev–Trinajstić information content (AvgIpc) is 2.67. The molecule has 1 aliphatic heterocycles. The van der Waals surface area contributed by atoms with Crippen molar-refractivity contribution in [2.45, 2.75) is 6.92 Å². The largest absolute Gasteiger partial charge is 0.456 e. The molecule has 1 fully saturated rings. The molecule has 0 atom stereocenters. The lowest BCUT2D eigenvalue weighted by molar-refractivity contribution is -0.150. The van der Waals surface area contributed by atoms with Crippen LogP contribution in [-0.2, 0) is 14.3 Å². The molecule has 0 N–H and O–H groups in total. The molecule has 1 amide bonds. The molecule has 1 aliphatic rings. The Morgan fingerprint density at radius 3 is 2.46 bits per heavy atom. The van der Waals surface area contributed by atoms with Crippen LogP contribution in [0.2, 0.25) is 0 Å². The number of hydrogen-bond donors (Lipinski definition) is 0. The minimum atomic E-state index is -0.462. The smallest absolute Gasteiger partial charge is 0.303 e. The van der Waals surface area contributed by atoms with Crippen molar-refractivity contribution in [2.75, 3.05) is 37.7 Å². The highest BCUT2D eigenvalue weighted by Crippen LogP contribution is 2.24. The number of aromatic nitrogens is 1. The molecule has 0 radical (unpaired) electrons. The molecule has 0 bridgehead atoms.